The summed E-state index contributed by atoms with van der Waals surface area (Å²) in [5.41, 5.74) is 0. The number of fused-ring (bicyclic) bond motifs is 1. The molecule has 1 saturated carbocycles. The van der Waals surface area contributed by atoms with Crippen molar-refractivity contribution in [2.75, 3.05) is 6.61 Å². The van der Waals surface area contributed by atoms with Gasteiger partial charge in [-0.25, -0.2) is 0 Å². The Hall–Kier alpha value is -1.97. The second-order valence-corrected chi connectivity index (χ2v) is 8.32. The maximum absolute atomic E-state index is 11.8. The van der Waals surface area contributed by atoms with Crippen molar-refractivity contribution >= 4 is 17.9 Å². The van der Waals surface area contributed by atoms with Gasteiger partial charge in [0.15, 0.2) is 18.0 Å². The van der Waals surface area contributed by atoms with Crippen molar-refractivity contribution in [3.05, 3.63) is 12.7 Å². The molecule has 0 aromatic carbocycles. The molecule has 0 amide bonds. The highest BCUT2D eigenvalue weighted by atomic mass is 16.8. The standard InChI is InChI=1S/C22H32O9/c1-5-9-16-18(28-15(4)25)20-21(31-22(30-20)10-7-6-8-11-22)19(29-16)17(27-14(3)24)12-26-13(2)23/h5,16-21H,1,6-12H2,2-4H3/t16?,17-,18+,19+,20+,21-/m1/s1. The van der Waals surface area contributed by atoms with E-state index in [1.807, 2.05) is 0 Å². The molecule has 2 heterocycles. The predicted octanol–water partition coefficient (Wildman–Crippen LogP) is 2.20. The molecule has 0 bridgehead atoms. The molecule has 2 saturated heterocycles. The van der Waals surface area contributed by atoms with E-state index in [1.165, 1.54) is 20.8 Å². The molecule has 0 aromatic heterocycles. The lowest BCUT2D eigenvalue weighted by molar-refractivity contribution is -0.232. The minimum absolute atomic E-state index is 0.182. The Morgan fingerprint density at radius 2 is 1.71 bits per heavy atom. The highest BCUT2D eigenvalue weighted by Crippen LogP contribution is 2.46. The van der Waals surface area contributed by atoms with Gasteiger partial charge < -0.3 is 28.4 Å². The van der Waals surface area contributed by atoms with E-state index < -0.39 is 60.3 Å². The Kier molecular flexibility index (Phi) is 7.72. The molecule has 6 atom stereocenters. The molecule has 9 heteroatoms. The van der Waals surface area contributed by atoms with Crippen LogP contribution in [0.4, 0.5) is 0 Å². The van der Waals surface area contributed by atoms with Gasteiger partial charge >= 0.3 is 17.9 Å². The average molecular weight is 440 g/mol. The van der Waals surface area contributed by atoms with Crippen LogP contribution in [0.3, 0.4) is 0 Å². The molecular formula is C22H32O9. The Balaban J connectivity index is 1.93. The van der Waals surface area contributed by atoms with Crippen LogP contribution < -0.4 is 0 Å². The summed E-state index contributed by atoms with van der Waals surface area (Å²) in [6, 6.07) is 0. The molecule has 0 N–H and O–H groups in total. The lowest BCUT2D eigenvalue weighted by Crippen LogP contribution is -2.61. The Labute approximate surface area is 182 Å². The van der Waals surface area contributed by atoms with Crippen LogP contribution in [0.5, 0.6) is 0 Å². The first-order valence-corrected chi connectivity index (χ1v) is 10.8. The predicted molar refractivity (Wildman–Crippen MR) is 107 cm³/mol. The molecule has 1 unspecified atom stereocenters. The van der Waals surface area contributed by atoms with Crippen LogP contribution in [0.25, 0.3) is 0 Å². The molecule has 2 aliphatic heterocycles. The highest BCUT2D eigenvalue weighted by Gasteiger charge is 2.60. The number of hydrogen-bond donors (Lipinski definition) is 0. The second-order valence-electron chi connectivity index (χ2n) is 8.32. The molecule has 3 fully saturated rings. The van der Waals surface area contributed by atoms with Crippen molar-refractivity contribution < 1.29 is 42.8 Å². The fourth-order valence-electron chi connectivity index (χ4n) is 4.66. The van der Waals surface area contributed by atoms with E-state index >= 15 is 0 Å². The van der Waals surface area contributed by atoms with Gasteiger partial charge in [0.25, 0.3) is 0 Å². The van der Waals surface area contributed by atoms with E-state index in [4.69, 9.17) is 28.4 Å². The SMILES string of the molecule is C=CCC1O[C@@H]([C@@H](COC(C)=O)OC(C)=O)[C@H]2OC3(CCCCC3)O[C@H]2[C@H]1OC(C)=O. The normalized spacial score (nSPS) is 32.5. The van der Waals surface area contributed by atoms with E-state index in [1.54, 1.807) is 6.08 Å². The van der Waals surface area contributed by atoms with E-state index in [2.05, 4.69) is 6.58 Å². The Morgan fingerprint density at radius 3 is 2.29 bits per heavy atom. The van der Waals surface area contributed by atoms with Gasteiger partial charge in [-0.1, -0.05) is 12.5 Å². The fourth-order valence-corrected chi connectivity index (χ4v) is 4.66. The van der Waals surface area contributed by atoms with Gasteiger partial charge in [0, 0.05) is 33.6 Å². The number of carbonyl (C=O) groups is 3. The summed E-state index contributed by atoms with van der Waals surface area (Å²) in [7, 11) is 0. The van der Waals surface area contributed by atoms with Gasteiger partial charge in [-0.05, 0) is 19.3 Å². The van der Waals surface area contributed by atoms with Crippen molar-refractivity contribution in [3.63, 3.8) is 0 Å². The van der Waals surface area contributed by atoms with Crippen molar-refractivity contribution in [2.24, 2.45) is 0 Å². The molecule has 0 aromatic rings. The fraction of sp³-hybridized carbons (Fsp3) is 0.773. The maximum atomic E-state index is 11.8. The molecule has 0 radical (unpaired) electrons. The Morgan fingerprint density at radius 1 is 1.03 bits per heavy atom. The summed E-state index contributed by atoms with van der Waals surface area (Å²) >= 11 is 0. The third-order valence-electron chi connectivity index (χ3n) is 5.82. The number of ether oxygens (including phenoxy) is 6. The molecule has 3 rings (SSSR count). The summed E-state index contributed by atoms with van der Waals surface area (Å²) < 4.78 is 35.3. The minimum atomic E-state index is -0.901. The van der Waals surface area contributed by atoms with Crippen LogP contribution in [0, 0.1) is 0 Å². The first-order chi connectivity index (χ1) is 14.7. The van der Waals surface area contributed by atoms with Gasteiger partial charge in [0.1, 0.15) is 31.0 Å². The summed E-state index contributed by atoms with van der Waals surface area (Å²) in [6.45, 7) is 7.47. The van der Waals surface area contributed by atoms with Crippen LogP contribution in [0.15, 0.2) is 12.7 Å². The first kappa shape index (κ1) is 23.7. The Bertz CT molecular complexity index is 684. The molecular weight excluding hydrogens is 408 g/mol. The van der Waals surface area contributed by atoms with Crippen molar-refractivity contribution in [2.45, 2.75) is 102 Å². The summed E-state index contributed by atoms with van der Waals surface area (Å²) in [5.74, 6) is -2.29. The highest BCUT2D eigenvalue weighted by molar-refractivity contribution is 5.67. The van der Waals surface area contributed by atoms with Gasteiger partial charge in [-0.2, -0.15) is 0 Å². The summed E-state index contributed by atoms with van der Waals surface area (Å²) in [4.78, 5) is 35.0. The van der Waals surface area contributed by atoms with Gasteiger partial charge in [-0.15, -0.1) is 6.58 Å². The zero-order valence-corrected chi connectivity index (χ0v) is 18.4. The van der Waals surface area contributed by atoms with E-state index in [0.29, 0.717) is 19.3 Å². The maximum Gasteiger partial charge on any atom is 0.303 e. The average Bonchev–Trinajstić information content (AvgIpc) is 3.05. The largest absolute Gasteiger partial charge is 0.462 e. The molecule has 31 heavy (non-hydrogen) atoms. The van der Waals surface area contributed by atoms with Crippen molar-refractivity contribution in [1.29, 1.82) is 0 Å². The van der Waals surface area contributed by atoms with Crippen molar-refractivity contribution in [3.8, 4) is 0 Å². The number of hydrogen-bond acceptors (Lipinski definition) is 9. The molecule has 1 spiro atoms. The van der Waals surface area contributed by atoms with Gasteiger partial charge in [0.2, 0.25) is 0 Å². The summed E-state index contributed by atoms with van der Waals surface area (Å²) in [6.07, 6.45) is 2.26. The van der Waals surface area contributed by atoms with E-state index in [-0.39, 0.29) is 6.61 Å². The van der Waals surface area contributed by atoms with Crippen LogP contribution >= 0.6 is 0 Å². The monoisotopic (exact) mass is 440 g/mol. The van der Waals surface area contributed by atoms with Crippen LogP contribution in [0.2, 0.25) is 0 Å². The van der Waals surface area contributed by atoms with Crippen molar-refractivity contribution in [1.82, 2.24) is 0 Å². The minimum Gasteiger partial charge on any atom is -0.462 e. The van der Waals surface area contributed by atoms with E-state index in [9.17, 15) is 14.4 Å². The second kappa shape index (κ2) is 10.1. The quantitative estimate of drug-likeness (QED) is 0.334. The number of esters is 3. The number of carbonyl (C=O) groups excluding carboxylic acids is 3. The first-order valence-electron chi connectivity index (χ1n) is 10.8. The van der Waals surface area contributed by atoms with Crippen LogP contribution in [-0.2, 0) is 42.8 Å². The summed E-state index contributed by atoms with van der Waals surface area (Å²) in [5, 5.41) is 0. The molecule has 3 aliphatic rings. The third-order valence-corrected chi connectivity index (χ3v) is 5.82. The molecule has 1 aliphatic carbocycles. The van der Waals surface area contributed by atoms with Gasteiger partial charge in [-0.3, -0.25) is 14.4 Å². The lowest BCUT2D eigenvalue weighted by atomic mass is 9.90. The molecule has 9 nitrogen and oxygen atoms in total. The zero-order valence-electron chi connectivity index (χ0n) is 18.4. The van der Waals surface area contributed by atoms with Gasteiger partial charge in [0.05, 0.1) is 0 Å². The number of rotatable bonds is 7. The lowest BCUT2D eigenvalue weighted by Gasteiger charge is -2.43. The van der Waals surface area contributed by atoms with Crippen LogP contribution in [-0.4, -0.2) is 66.9 Å². The van der Waals surface area contributed by atoms with E-state index in [0.717, 1.165) is 19.3 Å². The topological polar surface area (TPSA) is 107 Å². The third kappa shape index (κ3) is 5.64. The zero-order chi connectivity index (χ0) is 22.6. The smallest absolute Gasteiger partial charge is 0.303 e. The van der Waals surface area contributed by atoms with Crippen LogP contribution in [0.1, 0.15) is 59.3 Å². The molecule has 174 valence electrons.